The Bertz CT molecular complexity index is 245. The van der Waals surface area contributed by atoms with E-state index in [2.05, 4.69) is 28.1 Å². The number of aliphatic hydroxyl groups is 1. The number of halogens is 1. The fourth-order valence-electron chi connectivity index (χ4n) is 1.18. The van der Waals surface area contributed by atoms with Crippen molar-refractivity contribution in [3.63, 3.8) is 0 Å². The Balaban J connectivity index is 2.72. The Morgan fingerprint density at radius 2 is 2.08 bits per heavy atom. The van der Waals surface area contributed by atoms with E-state index in [9.17, 15) is 0 Å². The summed E-state index contributed by atoms with van der Waals surface area (Å²) in [7, 11) is 0. The van der Waals surface area contributed by atoms with Gasteiger partial charge in [-0.05, 0) is 24.5 Å². The lowest BCUT2D eigenvalue weighted by molar-refractivity contribution is 0.195. The molecule has 0 aliphatic heterocycles. The van der Waals surface area contributed by atoms with Crippen LogP contribution in [0.25, 0.3) is 0 Å². The van der Waals surface area contributed by atoms with Crippen LogP contribution in [0.2, 0.25) is 0 Å². The van der Waals surface area contributed by atoms with Crippen LogP contribution < -0.4 is 0 Å². The van der Waals surface area contributed by atoms with Gasteiger partial charge in [0.15, 0.2) is 0 Å². The summed E-state index contributed by atoms with van der Waals surface area (Å²) in [6.07, 6.45) is 0.483. The smallest absolute Gasteiger partial charge is 0.0552 e. The van der Waals surface area contributed by atoms with Gasteiger partial charge in [0, 0.05) is 5.33 Å². The quantitative estimate of drug-likeness (QED) is 0.789. The van der Waals surface area contributed by atoms with E-state index in [4.69, 9.17) is 5.11 Å². The molecule has 1 rings (SSSR count). The molecule has 1 nitrogen and oxygen atoms in total. The summed E-state index contributed by atoms with van der Waals surface area (Å²) in [6.45, 7) is 1.81. The molecule has 0 saturated heterocycles. The molecule has 1 aromatic carbocycles. The van der Waals surface area contributed by atoms with Gasteiger partial charge >= 0.3 is 0 Å². The lowest BCUT2D eigenvalue weighted by atomic mass is 10.1. The van der Waals surface area contributed by atoms with Crippen LogP contribution >= 0.6 is 15.9 Å². The number of aliphatic hydroxyl groups excluding tert-OH is 1. The summed E-state index contributed by atoms with van der Waals surface area (Å²) in [4.78, 5) is 0. The maximum absolute atomic E-state index is 9.16. The Hall–Kier alpha value is -0.340. The van der Waals surface area contributed by atoms with Gasteiger partial charge in [0.1, 0.15) is 0 Å². The molecule has 0 unspecified atom stereocenters. The Morgan fingerprint density at radius 1 is 1.42 bits per heavy atom. The summed E-state index contributed by atoms with van der Waals surface area (Å²) in [5.74, 6) is 0. The molecule has 0 bridgehead atoms. The van der Waals surface area contributed by atoms with Crippen molar-refractivity contribution in [2.45, 2.75) is 24.8 Å². The van der Waals surface area contributed by atoms with Crippen LogP contribution in [0.4, 0.5) is 0 Å². The Morgan fingerprint density at radius 3 is 2.67 bits per heavy atom. The molecule has 0 aromatic heterocycles. The van der Waals surface area contributed by atoms with Gasteiger partial charge in [0.2, 0.25) is 0 Å². The van der Waals surface area contributed by atoms with E-state index in [1.165, 1.54) is 11.1 Å². The van der Waals surface area contributed by atoms with E-state index >= 15 is 0 Å². The van der Waals surface area contributed by atoms with Gasteiger partial charge in [-0.25, -0.2) is 0 Å². The molecule has 66 valence electrons. The number of alkyl halides is 1. The second-order valence-electron chi connectivity index (χ2n) is 3.01. The van der Waals surface area contributed by atoms with Crippen LogP contribution in [0.5, 0.6) is 0 Å². The van der Waals surface area contributed by atoms with Crippen molar-refractivity contribution in [1.82, 2.24) is 0 Å². The topological polar surface area (TPSA) is 20.2 Å². The SMILES string of the molecule is C[C@H](O)Cc1cccc(CBr)c1. The lowest BCUT2D eigenvalue weighted by Gasteiger charge is -2.05. The van der Waals surface area contributed by atoms with Crippen molar-refractivity contribution in [2.24, 2.45) is 0 Å². The van der Waals surface area contributed by atoms with Crippen molar-refractivity contribution in [3.8, 4) is 0 Å². The molecule has 0 amide bonds. The summed E-state index contributed by atoms with van der Waals surface area (Å²) in [6, 6.07) is 8.24. The molecule has 1 N–H and O–H groups in total. The van der Waals surface area contributed by atoms with Gasteiger partial charge in [-0.3, -0.25) is 0 Å². The monoisotopic (exact) mass is 228 g/mol. The van der Waals surface area contributed by atoms with Crippen LogP contribution in [0.15, 0.2) is 24.3 Å². The number of rotatable bonds is 3. The second-order valence-corrected chi connectivity index (χ2v) is 3.57. The first-order valence-corrected chi connectivity index (χ1v) is 5.16. The average Bonchev–Trinajstić information content (AvgIpc) is 2.03. The molecule has 1 atom stereocenters. The zero-order chi connectivity index (χ0) is 8.97. The molecular weight excluding hydrogens is 216 g/mol. The fraction of sp³-hybridized carbons (Fsp3) is 0.400. The minimum Gasteiger partial charge on any atom is -0.393 e. The average molecular weight is 229 g/mol. The highest BCUT2D eigenvalue weighted by Gasteiger charge is 1.98. The molecule has 0 saturated carbocycles. The highest BCUT2D eigenvalue weighted by Crippen LogP contribution is 2.10. The van der Waals surface area contributed by atoms with E-state index in [0.717, 1.165) is 11.8 Å². The number of hydrogen-bond acceptors (Lipinski definition) is 1. The third-order valence-electron chi connectivity index (χ3n) is 1.68. The summed E-state index contributed by atoms with van der Waals surface area (Å²) >= 11 is 3.40. The third-order valence-corrected chi connectivity index (χ3v) is 2.32. The first kappa shape index (κ1) is 9.75. The highest BCUT2D eigenvalue weighted by molar-refractivity contribution is 9.08. The molecule has 0 spiro atoms. The van der Waals surface area contributed by atoms with Crippen LogP contribution in [-0.4, -0.2) is 11.2 Å². The van der Waals surface area contributed by atoms with Crippen LogP contribution in [0.3, 0.4) is 0 Å². The molecule has 0 fully saturated rings. The van der Waals surface area contributed by atoms with Gasteiger partial charge in [0.25, 0.3) is 0 Å². The Labute approximate surface area is 81.6 Å². The fourth-order valence-corrected chi connectivity index (χ4v) is 1.53. The first-order valence-electron chi connectivity index (χ1n) is 4.04. The predicted octanol–water partition coefficient (Wildman–Crippen LogP) is 2.50. The van der Waals surface area contributed by atoms with Crippen LogP contribution in [-0.2, 0) is 11.8 Å². The van der Waals surface area contributed by atoms with E-state index in [0.29, 0.717) is 0 Å². The van der Waals surface area contributed by atoms with Gasteiger partial charge in [-0.1, -0.05) is 40.2 Å². The molecular formula is C10H13BrO. The summed E-state index contributed by atoms with van der Waals surface area (Å²) in [5.41, 5.74) is 2.45. The van der Waals surface area contributed by atoms with E-state index in [1.807, 2.05) is 12.1 Å². The second kappa shape index (κ2) is 4.63. The maximum atomic E-state index is 9.16. The molecule has 0 aliphatic carbocycles. The van der Waals surface area contributed by atoms with Gasteiger partial charge in [0.05, 0.1) is 6.10 Å². The van der Waals surface area contributed by atoms with Gasteiger partial charge < -0.3 is 5.11 Å². The van der Waals surface area contributed by atoms with Crippen molar-refractivity contribution < 1.29 is 5.11 Å². The van der Waals surface area contributed by atoms with Crippen LogP contribution in [0.1, 0.15) is 18.1 Å². The zero-order valence-electron chi connectivity index (χ0n) is 7.13. The minimum absolute atomic E-state index is 0.254. The maximum Gasteiger partial charge on any atom is 0.0552 e. The number of hydrogen-bond donors (Lipinski definition) is 1. The lowest BCUT2D eigenvalue weighted by Crippen LogP contribution is -2.04. The van der Waals surface area contributed by atoms with Crippen molar-refractivity contribution in [1.29, 1.82) is 0 Å². The van der Waals surface area contributed by atoms with E-state index in [1.54, 1.807) is 6.92 Å². The van der Waals surface area contributed by atoms with Crippen molar-refractivity contribution >= 4 is 15.9 Å². The highest BCUT2D eigenvalue weighted by atomic mass is 79.9. The van der Waals surface area contributed by atoms with Crippen molar-refractivity contribution in [2.75, 3.05) is 0 Å². The summed E-state index contributed by atoms with van der Waals surface area (Å²) < 4.78 is 0. The molecule has 0 aliphatic rings. The van der Waals surface area contributed by atoms with Crippen molar-refractivity contribution in [3.05, 3.63) is 35.4 Å². The first-order chi connectivity index (χ1) is 5.72. The van der Waals surface area contributed by atoms with E-state index < -0.39 is 0 Å². The molecule has 1 aromatic rings. The summed E-state index contributed by atoms with van der Waals surface area (Å²) in [5, 5.41) is 10.0. The minimum atomic E-state index is -0.254. The van der Waals surface area contributed by atoms with Gasteiger partial charge in [-0.15, -0.1) is 0 Å². The molecule has 12 heavy (non-hydrogen) atoms. The normalized spacial score (nSPS) is 12.9. The molecule has 0 heterocycles. The predicted molar refractivity (Wildman–Crippen MR) is 54.5 cm³/mol. The van der Waals surface area contributed by atoms with E-state index in [-0.39, 0.29) is 6.10 Å². The molecule has 2 heteroatoms. The Kier molecular flexibility index (Phi) is 3.76. The van der Waals surface area contributed by atoms with Crippen LogP contribution in [0, 0.1) is 0 Å². The largest absolute Gasteiger partial charge is 0.393 e. The third kappa shape index (κ3) is 2.95. The van der Waals surface area contributed by atoms with Gasteiger partial charge in [-0.2, -0.15) is 0 Å². The number of benzene rings is 1. The molecule has 0 radical (unpaired) electrons. The zero-order valence-corrected chi connectivity index (χ0v) is 8.71. The standard InChI is InChI=1S/C10H13BrO/c1-8(12)5-9-3-2-4-10(6-9)7-11/h2-4,6,8,12H,5,7H2,1H3/t8-/m0/s1.